The van der Waals surface area contributed by atoms with E-state index in [-0.39, 0.29) is 22.4 Å². The molecule has 1 aliphatic rings. The van der Waals surface area contributed by atoms with Crippen LogP contribution in [0.3, 0.4) is 0 Å². The van der Waals surface area contributed by atoms with Gasteiger partial charge in [0.05, 0.1) is 9.95 Å². The van der Waals surface area contributed by atoms with Gasteiger partial charge in [0, 0.05) is 37.5 Å². The lowest BCUT2D eigenvalue weighted by atomic mass is 10.2. The molecule has 1 aromatic carbocycles. The van der Waals surface area contributed by atoms with Gasteiger partial charge in [0.1, 0.15) is 0 Å². The van der Waals surface area contributed by atoms with Crippen molar-refractivity contribution in [2.75, 3.05) is 11.9 Å². The number of amides is 1. The van der Waals surface area contributed by atoms with E-state index in [1.807, 2.05) is 17.0 Å². The minimum atomic E-state index is -0.533. The molecule has 0 saturated carbocycles. The fraction of sp³-hybridized carbons (Fsp3) is 0.250. The molecule has 7 nitrogen and oxygen atoms in total. The van der Waals surface area contributed by atoms with Crippen LogP contribution in [-0.4, -0.2) is 27.3 Å². The topological polar surface area (TPSA) is 88.4 Å². The highest BCUT2D eigenvalue weighted by Crippen LogP contribution is 2.28. The Morgan fingerprint density at radius 3 is 2.71 bits per heavy atom. The van der Waals surface area contributed by atoms with Crippen LogP contribution in [0.4, 0.5) is 17.2 Å². The number of hydrogen-bond donors (Lipinski definition) is 1. The first kappa shape index (κ1) is 16.2. The fourth-order valence-electron chi connectivity index (χ4n) is 2.59. The first-order valence-electron chi connectivity index (χ1n) is 7.46. The number of carbonyl (C=O) groups excluding carboxylic acids is 1. The molecule has 0 unspecified atom stereocenters. The number of halogens is 1. The smallest absolute Gasteiger partial charge is 0.313 e. The number of benzene rings is 1. The average Bonchev–Trinajstić information content (AvgIpc) is 2.96. The number of anilines is 2. The molecule has 0 aliphatic carbocycles. The van der Waals surface area contributed by atoms with Gasteiger partial charge in [-0.3, -0.25) is 14.9 Å². The van der Waals surface area contributed by atoms with Crippen LogP contribution < -0.4 is 5.32 Å². The summed E-state index contributed by atoms with van der Waals surface area (Å²) >= 11 is 5.75. The number of rotatable bonds is 5. The number of nitro groups is 1. The second-order valence-electron chi connectivity index (χ2n) is 5.52. The molecule has 0 bridgehead atoms. The van der Waals surface area contributed by atoms with E-state index in [2.05, 4.69) is 10.3 Å². The van der Waals surface area contributed by atoms with Crippen molar-refractivity contribution >= 4 is 34.7 Å². The first-order chi connectivity index (χ1) is 11.5. The van der Waals surface area contributed by atoms with Crippen molar-refractivity contribution in [3.05, 3.63) is 57.2 Å². The molecule has 124 valence electrons. The monoisotopic (exact) mass is 346 g/mol. The molecule has 1 amide bonds. The number of nitrogens with zero attached hydrogens (tertiary/aromatic N) is 3. The Hall–Kier alpha value is -2.67. The second-order valence-corrected chi connectivity index (χ2v) is 5.96. The summed E-state index contributed by atoms with van der Waals surface area (Å²) in [6.45, 7) is 1.37. The molecule has 1 fully saturated rings. The van der Waals surface area contributed by atoms with Gasteiger partial charge >= 0.3 is 5.69 Å². The molecule has 1 aromatic heterocycles. The molecule has 3 rings (SSSR count). The van der Waals surface area contributed by atoms with E-state index in [1.165, 1.54) is 12.3 Å². The summed E-state index contributed by atoms with van der Waals surface area (Å²) in [7, 11) is 0. The maximum absolute atomic E-state index is 11.6. The maximum atomic E-state index is 11.6. The van der Waals surface area contributed by atoms with E-state index in [0.29, 0.717) is 18.7 Å². The minimum absolute atomic E-state index is 0.131. The van der Waals surface area contributed by atoms with Gasteiger partial charge in [-0.15, -0.1) is 0 Å². The van der Waals surface area contributed by atoms with Crippen LogP contribution in [0.2, 0.25) is 5.02 Å². The first-order valence-corrected chi connectivity index (χ1v) is 7.84. The molecule has 24 heavy (non-hydrogen) atoms. The lowest BCUT2D eigenvalue weighted by Crippen LogP contribution is -2.23. The van der Waals surface area contributed by atoms with E-state index in [9.17, 15) is 14.9 Å². The maximum Gasteiger partial charge on any atom is 0.313 e. The summed E-state index contributed by atoms with van der Waals surface area (Å²) in [6.07, 6.45) is 2.88. The molecular weight excluding hydrogens is 332 g/mol. The Morgan fingerprint density at radius 2 is 2.08 bits per heavy atom. The zero-order valence-electron chi connectivity index (χ0n) is 12.7. The number of carbonyl (C=O) groups is 1. The van der Waals surface area contributed by atoms with E-state index >= 15 is 0 Å². The molecule has 1 N–H and O–H groups in total. The number of pyridine rings is 1. The van der Waals surface area contributed by atoms with E-state index in [4.69, 9.17) is 11.6 Å². The van der Waals surface area contributed by atoms with Crippen LogP contribution in [-0.2, 0) is 11.3 Å². The number of hydrogen-bond acceptors (Lipinski definition) is 5. The van der Waals surface area contributed by atoms with E-state index in [0.717, 1.165) is 18.5 Å². The molecule has 0 radical (unpaired) electrons. The second kappa shape index (κ2) is 6.84. The van der Waals surface area contributed by atoms with Gasteiger partial charge in [-0.1, -0.05) is 23.7 Å². The molecule has 0 atom stereocenters. The third-order valence-electron chi connectivity index (χ3n) is 3.79. The standard InChI is InChI=1S/C16H15ClN4O3/c17-12-8-14(21(23)24)16(18-9-12)19-13-5-3-11(4-6-13)10-20-7-1-2-15(20)22/h3-6,8-9H,1-2,7,10H2,(H,18,19). The highest BCUT2D eigenvalue weighted by molar-refractivity contribution is 6.30. The van der Waals surface area contributed by atoms with Crippen molar-refractivity contribution in [1.29, 1.82) is 0 Å². The van der Waals surface area contributed by atoms with Crippen molar-refractivity contribution in [1.82, 2.24) is 9.88 Å². The Kier molecular flexibility index (Phi) is 4.61. The van der Waals surface area contributed by atoms with Gasteiger partial charge in [0.25, 0.3) is 0 Å². The molecule has 0 spiro atoms. The Balaban J connectivity index is 1.72. The van der Waals surface area contributed by atoms with Crippen LogP contribution in [0, 0.1) is 10.1 Å². The molecule has 1 saturated heterocycles. The highest BCUT2D eigenvalue weighted by Gasteiger charge is 2.20. The predicted octanol–water partition coefficient (Wildman–Crippen LogP) is 3.51. The van der Waals surface area contributed by atoms with E-state index < -0.39 is 4.92 Å². The molecule has 2 heterocycles. The third-order valence-corrected chi connectivity index (χ3v) is 4.00. The summed E-state index contributed by atoms with van der Waals surface area (Å²) in [5.41, 5.74) is 1.49. The van der Waals surface area contributed by atoms with Crippen LogP contribution in [0.5, 0.6) is 0 Å². The average molecular weight is 347 g/mol. The zero-order chi connectivity index (χ0) is 17.1. The number of likely N-dealkylation sites (tertiary alicyclic amines) is 1. The molecule has 2 aromatic rings. The SMILES string of the molecule is O=C1CCCN1Cc1ccc(Nc2ncc(Cl)cc2[N+](=O)[O-])cc1. The van der Waals surface area contributed by atoms with Crippen molar-refractivity contribution in [3.63, 3.8) is 0 Å². The Bertz CT molecular complexity index is 779. The molecular formula is C16H15ClN4O3. The largest absolute Gasteiger partial charge is 0.338 e. The van der Waals surface area contributed by atoms with Crippen LogP contribution in [0.25, 0.3) is 0 Å². The molecule has 8 heteroatoms. The van der Waals surface area contributed by atoms with Gasteiger partial charge in [-0.05, 0) is 24.1 Å². The Labute approximate surface area is 143 Å². The van der Waals surface area contributed by atoms with Crippen LogP contribution in [0.15, 0.2) is 36.5 Å². The van der Waals surface area contributed by atoms with Crippen molar-refractivity contribution in [2.24, 2.45) is 0 Å². The number of aromatic nitrogens is 1. The lowest BCUT2D eigenvalue weighted by Gasteiger charge is -2.15. The fourth-order valence-corrected chi connectivity index (χ4v) is 2.74. The number of nitrogens with one attached hydrogen (secondary N) is 1. The van der Waals surface area contributed by atoms with Gasteiger partial charge in [-0.2, -0.15) is 0 Å². The van der Waals surface area contributed by atoms with Gasteiger partial charge in [-0.25, -0.2) is 4.98 Å². The van der Waals surface area contributed by atoms with Crippen molar-refractivity contribution < 1.29 is 9.72 Å². The third kappa shape index (κ3) is 3.62. The highest BCUT2D eigenvalue weighted by atomic mass is 35.5. The zero-order valence-corrected chi connectivity index (χ0v) is 13.5. The van der Waals surface area contributed by atoms with Crippen LogP contribution >= 0.6 is 11.6 Å². The molecule has 1 aliphatic heterocycles. The lowest BCUT2D eigenvalue weighted by molar-refractivity contribution is -0.384. The van der Waals surface area contributed by atoms with Crippen molar-refractivity contribution in [2.45, 2.75) is 19.4 Å². The summed E-state index contributed by atoms with van der Waals surface area (Å²) in [5, 5.41) is 14.2. The summed E-state index contributed by atoms with van der Waals surface area (Å²) in [5.74, 6) is 0.310. The van der Waals surface area contributed by atoms with Gasteiger partial charge in [0.15, 0.2) is 0 Å². The summed E-state index contributed by atoms with van der Waals surface area (Å²) in [6, 6.07) is 8.63. The Morgan fingerprint density at radius 1 is 1.33 bits per heavy atom. The normalized spacial score (nSPS) is 14.0. The summed E-state index contributed by atoms with van der Waals surface area (Å²) in [4.78, 5) is 28.0. The van der Waals surface area contributed by atoms with Gasteiger partial charge in [0.2, 0.25) is 11.7 Å². The van der Waals surface area contributed by atoms with Gasteiger partial charge < -0.3 is 10.2 Å². The summed E-state index contributed by atoms with van der Waals surface area (Å²) < 4.78 is 0. The predicted molar refractivity (Wildman–Crippen MR) is 90.3 cm³/mol. The van der Waals surface area contributed by atoms with Crippen molar-refractivity contribution in [3.8, 4) is 0 Å². The quantitative estimate of drug-likeness (QED) is 0.661. The van der Waals surface area contributed by atoms with Crippen LogP contribution in [0.1, 0.15) is 18.4 Å². The van der Waals surface area contributed by atoms with E-state index in [1.54, 1.807) is 12.1 Å². The minimum Gasteiger partial charge on any atom is -0.338 e.